The van der Waals surface area contributed by atoms with Gasteiger partial charge in [0.1, 0.15) is 0 Å². The van der Waals surface area contributed by atoms with Crippen LogP contribution in [0.4, 0.5) is 0 Å². The highest BCUT2D eigenvalue weighted by atomic mass is 16.4. The molecule has 0 aliphatic carbocycles. The molecule has 0 radical (unpaired) electrons. The third kappa shape index (κ3) is 3.49. The van der Waals surface area contributed by atoms with Crippen molar-refractivity contribution in [1.82, 2.24) is 0 Å². The van der Waals surface area contributed by atoms with Crippen molar-refractivity contribution in [1.29, 1.82) is 0 Å². The molecule has 0 amide bonds. The summed E-state index contributed by atoms with van der Waals surface area (Å²) in [6.07, 6.45) is 1.01. The highest BCUT2D eigenvalue weighted by Gasteiger charge is 2.56. The van der Waals surface area contributed by atoms with Crippen molar-refractivity contribution < 1.29 is 24.3 Å². The summed E-state index contributed by atoms with van der Waals surface area (Å²) in [4.78, 5) is 47.9. The molecule has 5 heteroatoms. The Kier molecular flexibility index (Phi) is 7.19. The summed E-state index contributed by atoms with van der Waals surface area (Å²) in [6, 6.07) is 0. The summed E-state index contributed by atoms with van der Waals surface area (Å²) < 4.78 is 0. The van der Waals surface area contributed by atoms with Gasteiger partial charge in [0.2, 0.25) is 5.41 Å². The predicted molar refractivity (Wildman–Crippen MR) is 69.8 cm³/mol. The minimum Gasteiger partial charge on any atom is -0.480 e. The van der Waals surface area contributed by atoms with Gasteiger partial charge in [-0.15, -0.1) is 0 Å². The van der Waals surface area contributed by atoms with Crippen molar-refractivity contribution >= 4 is 23.3 Å². The van der Waals surface area contributed by atoms with Gasteiger partial charge in [0, 0.05) is 19.3 Å². The van der Waals surface area contributed by atoms with Crippen molar-refractivity contribution in [2.45, 2.75) is 59.3 Å². The Morgan fingerprint density at radius 3 is 1.16 bits per heavy atom. The van der Waals surface area contributed by atoms with Crippen LogP contribution in [0.1, 0.15) is 59.3 Å². The average Bonchev–Trinajstić information content (AvgIpc) is 2.30. The molecule has 1 N–H and O–H groups in total. The number of rotatable bonds is 10. The van der Waals surface area contributed by atoms with Gasteiger partial charge in [-0.1, -0.05) is 20.8 Å². The summed E-state index contributed by atoms with van der Waals surface area (Å²) in [5.41, 5.74) is -2.47. The van der Waals surface area contributed by atoms with Crippen molar-refractivity contribution in [2.24, 2.45) is 5.41 Å². The molecular weight excluding hydrogens is 248 g/mol. The van der Waals surface area contributed by atoms with Gasteiger partial charge in [-0.2, -0.15) is 0 Å². The topological polar surface area (TPSA) is 88.5 Å². The molecule has 0 aliphatic heterocycles. The Bertz CT molecular complexity index is 324. The molecule has 0 bridgehead atoms. The van der Waals surface area contributed by atoms with Crippen LogP contribution in [0.25, 0.3) is 0 Å². The lowest BCUT2D eigenvalue weighted by Crippen LogP contribution is -2.52. The second-order valence-corrected chi connectivity index (χ2v) is 4.57. The summed E-state index contributed by atoms with van der Waals surface area (Å²) >= 11 is 0. The van der Waals surface area contributed by atoms with Crippen LogP contribution in [0, 0.1) is 5.41 Å². The van der Waals surface area contributed by atoms with Gasteiger partial charge in [-0.05, 0) is 19.3 Å². The van der Waals surface area contributed by atoms with Gasteiger partial charge in [0.25, 0.3) is 0 Å². The number of carboxylic acids is 1. The number of carboxylic acid groups (broad SMARTS) is 1. The number of Topliss-reactive ketones (excluding diaryl/α,β-unsaturated/α-hetero) is 3. The lowest BCUT2D eigenvalue weighted by Gasteiger charge is -2.25. The number of aliphatic carboxylic acids is 1. The number of hydrogen-bond donors (Lipinski definition) is 1. The van der Waals surface area contributed by atoms with Crippen LogP contribution in [0.3, 0.4) is 0 Å². The molecule has 0 saturated heterocycles. The number of hydrogen-bond acceptors (Lipinski definition) is 4. The van der Waals surface area contributed by atoms with Crippen LogP contribution in [0.5, 0.6) is 0 Å². The third-order valence-electron chi connectivity index (χ3n) is 3.01. The van der Waals surface area contributed by atoms with Gasteiger partial charge in [0.05, 0.1) is 0 Å². The Labute approximate surface area is 113 Å². The first-order chi connectivity index (χ1) is 8.89. The van der Waals surface area contributed by atoms with Crippen molar-refractivity contribution in [3.8, 4) is 0 Å². The van der Waals surface area contributed by atoms with Gasteiger partial charge in [0.15, 0.2) is 17.3 Å². The molecular formula is C14H22O5. The smallest absolute Gasteiger partial charge is 0.332 e. The van der Waals surface area contributed by atoms with Gasteiger partial charge in [-0.3, -0.25) is 19.2 Å². The van der Waals surface area contributed by atoms with Crippen LogP contribution < -0.4 is 0 Å². The molecule has 0 aromatic rings. The van der Waals surface area contributed by atoms with E-state index in [4.69, 9.17) is 0 Å². The molecule has 0 saturated carbocycles. The second-order valence-electron chi connectivity index (χ2n) is 4.57. The third-order valence-corrected chi connectivity index (χ3v) is 3.01. The van der Waals surface area contributed by atoms with Gasteiger partial charge < -0.3 is 5.11 Å². The van der Waals surface area contributed by atoms with E-state index in [1.165, 1.54) is 0 Å². The standard InChI is InChI=1S/C14H22O5/c1-4-7-10(15)14(13(18)19,11(16)8-5-2)12(17)9-6-3/h4-9H2,1-3H3,(H,18,19). The molecule has 0 spiro atoms. The Hall–Kier alpha value is -1.52. The molecule has 108 valence electrons. The lowest BCUT2D eigenvalue weighted by atomic mass is 9.71. The Balaban J connectivity index is 5.74. The molecule has 0 aromatic heterocycles. The molecule has 0 fully saturated rings. The zero-order chi connectivity index (χ0) is 15.1. The number of carbonyl (C=O) groups is 4. The normalized spacial score (nSPS) is 11.1. The van der Waals surface area contributed by atoms with E-state index in [1.807, 2.05) is 0 Å². The van der Waals surface area contributed by atoms with E-state index in [9.17, 15) is 24.3 Å². The maximum Gasteiger partial charge on any atom is 0.332 e. The van der Waals surface area contributed by atoms with Crippen LogP contribution in [0.15, 0.2) is 0 Å². The Morgan fingerprint density at radius 2 is 1.00 bits per heavy atom. The maximum absolute atomic E-state index is 12.1. The minimum absolute atomic E-state index is 0.0722. The number of carbonyl (C=O) groups excluding carboxylic acids is 3. The molecule has 19 heavy (non-hydrogen) atoms. The first-order valence-corrected chi connectivity index (χ1v) is 6.72. The highest BCUT2D eigenvalue weighted by Crippen LogP contribution is 2.29. The van der Waals surface area contributed by atoms with Crippen LogP contribution >= 0.6 is 0 Å². The largest absolute Gasteiger partial charge is 0.480 e. The Morgan fingerprint density at radius 1 is 0.737 bits per heavy atom. The first kappa shape index (κ1) is 17.5. The van der Waals surface area contributed by atoms with Crippen LogP contribution in [-0.2, 0) is 19.2 Å². The zero-order valence-corrected chi connectivity index (χ0v) is 11.8. The fourth-order valence-corrected chi connectivity index (χ4v) is 2.07. The first-order valence-electron chi connectivity index (χ1n) is 6.72. The summed E-state index contributed by atoms with van der Waals surface area (Å²) in [7, 11) is 0. The molecule has 0 aliphatic rings. The van der Waals surface area contributed by atoms with E-state index in [1.54, 1.807) is 20.8 Å². The number of ketones is 3. The molecule has 0 rings (SSSR count). The SMILES string of the molecule is CCCC(=O)C(C(=O)O)(C(=O)CCC)C(=O)CCC. The van der Waals surface area contributed by atoms with Crippen molar-refractivity contribution in [2.75, 3.05) is 0 Å². The summed E-state index contributed by atoms with van der Waals surface area (Å²) in [6.45, 7) is 5.12. The van der Waals surface area contributed by atoms with Crippen molar-refractivity contribution in [3.63, 3.8) is 0 Å². The fourth-order valence-electron chi connectivity index (χ4n) is 2.07. The monoisotopic (exact) mass is 270 g/mol. The molecule has 5 nitrogen and oxygen atoms in total. The van der Waals surface area contributed by atoms with Gasteiger partial charge >= 0.3 is 5.97 Å². The molecule has 0 atom stereocenters. The summed E-state index contributed by atoms with van der Waals surface area (Å²) in [5.74, 6) is -3.96. The summed E-state index contributed by atoms with van der Waals surface area (Å²) in [5, 5.41) is 9.35. The van der Waals surface area contributed by atoms with Crippen LogP contribution in [-0.4, -0.2) is 28.4 Å². The van der Waals surface area contributed by atoms with Crippen LogP contribution in [0.2, 0.25) is 0 Å². The maximum atomic E-state index is 12.1. The van der Waals surface area contributed by atoms with Crippen molar-refractivity contribution in [3.05, 3.63) is 0 Å². The molecule has 0 unspecified atom stereocenters. The molecule has 0 aromatic carbocycles. The zero-order valence-electron chi connectivity index (χ0n) is 11.8. The average molecular weight is 270 g/mol. The van der Waals surface area contributed by atoms with E-state index in [0.29, 0.717) is 19.3 Å². The quantitative estimate of drug-likeness (QED) is 0.614. The van der Waals surface area contributed by atoms with E-state index in [0.717, 1.165) is 0 Å². The van der Waals surface area contributed by atoms with Gasteiger partial charge in [-0.25, -0.2) is 0 Å². The minimum atomic E-state index is -2.47. The highest BCUT2D eigenvalue weighted by molar-refractivity contribution is 6.37. The lowest BCUT2D eigenvalue weighted by molar-refractivity contribution is -0.164. The van der Waals surface area contributed by atoms with E-state index in [2.05, 4.69) is 0 Å². The van der Waals surface area contributed by atoms with E-state index in [-0.39, 0.29) is 19.3 Å². The van der Waals surface area contributed by atoms with E-state index < -0.39 is 28.7 Å². The second kappa shape index (κ2) is 7.81. The molecule has 0 heterocycles. The fraction of sp³-hybridized carbons (Fsp3) is 0.714. The predicted octanol–water partition coefficient (Wildman–Crippen LogP) is 2.17. The van der Waals surface area contributed by atoms with E-state index >= 15 is 0 Å².